The highest BCUT2D eigenvalue weighted by Gasteiger charge is 2.13. The van der Waals surface area contributed by atoms with Crippen molar-refractivity contribution in [1.29, 1.82) is 0 Å². The van der Waals surface area contributed by atoms with E-state index in [-0.39, 0.29) is 5.91 Å². The molecule has 0 spiro atoms. The number of anilines is 1. The van der Waals surface area contributed by atoms with E-state index in [2.05, 4.69) is 5.32 Å². The first-order valence-electron chi connectivity index (χ1n) is 6.84. The quantitative estimate of drug-likeness (QED) is 0.445. The number of benzene rings is 2. The lowest BCUT2D eigenvalue weighted by molar-refractivity contribution is -0.127. The van der Waals surface area contributed by atoms with Gasteiger partial charge in [0.15, 0.2) is 6.10 Å². The highest BCUT2D eigenvalue weighted by atomic mass is 35.5. The van der Waals surface area contributed by atoms with E-state index < -0.39 is 12.0 Å². The second-order valence-electron chi connectivity index (χ2n) is 4.73. The molecular formula is C16H16ClN3O3. The van der Waals surface area contributed by atoms with Crippen LogP contribution in [0.1, 0.15) is 17.3 Å². The molecule has 2 rings (SSSR count). The van der Waals surface area contributed by atoms with Crippen molar-refractivity contribution in [2.75, 3.05) is 5.32 Å². The molecule has 0 unspecified atom stereocenters. The fourth-order valence-corrected chi connectivity index (χ4v) is 2.00. The molecule has 23 heavy (non-hydrogen) atoms. The molecule has 0 radical (unpaired) electrons. The molecule has 6 nitrogen and oxygen atoms in total. The van der Waals surface area contributed by atoms with Crippen LogP contribution in [0, 0.1) is 0 Å². The first-order valence-corrected chi connectivity index (χ1v) is 7.22. The summed E-state index contributed by atoms with van der Waals surface area (Å²) in [5.74, 6) is 4.75. The number of carbonyl (C=O) groups is 2. The number of para-hydroxylation sites is 1. The lowest BCUT2D eigenvalue weighted by atomic mass is 10.2. The topological polar surface area (TPSA) is 93.4 Å². The van der Waals surface area contributed by atoms with Crippen molar-refractivity contribution in [2.45, 2.75) is 13.0 Å². The van der Waals surface area contributed by atoms with Gasteiger partial charge in [-0.2, -0.15) is 0 Å². The summed E-state index contributed by atoms with van der Waals surface area (Å²) in [6.07, 6.45) is -0.734. The number of amides is 2. The molecule has 7 heteroatoms. The molecule has 0 saturated carbocycles. The van der Waals surface area contributed by atoms with Crippen LogP contribution >= 0.6 is 11.6 Å². The third kappa shape index (κ3) is 4.45. The molecule has 0 aliphatic carbocycles. The number of hydrazine groups is 1. The Morgan fingerprint density at radius 3 is 2.39 bits per heavy atom. The predicted octanol–water partition coefficient (Wildman–Crippen LogP) is 2.35. The Morgan fingerprint density at radius 2 is 1.78 bits per heavy atom. The van der Waals surface area contributed by atoms with Gasteiger partial charge in [-0.05, 0) is 43.3 Å². The van der Waals surface area contributed by atoms with Crippen LogP contribution in [0.25, 0.3) is 0 Å². The van der Waals surface area contributed by atoms with Gasteiger partial charge in [0.1, 0.15) is 5.75 Å². The van der Waals surface area contributed by atoms with Gasteiger partial charge >= 0.3 is 0 Å². The highest BCUT2D eigenvalue weighted by Crippen LogP contribution is 2.21. The minimum absolute atomic E-state index is 0.294. The zero-order valence-electron chi connectivity index (χ0n) is 12.4. The van der Waals surface area contributed by atoms with E-state index >= 15 is 0 Å². The van der Waals surface area contributed by atoms with E-state index in [0.29, 0.717) is 22.0 Å². The Hall–Kier alpha value is -2.57. The maximum absolute atomic E-state index is 12.2. The molecule has 0 aliphatic heterocycles. The number of rotatable bonds is 5. The molecule has 4 N–H and O–H groups in total. The lowest BCUT2D eigenvalue weighted by Crippen LogP contribution is -2.40. The van der Waals surface area contributed by atoms with Crippen molar-refractivity contribution < 1.29 is 14.3 Å². The molecule has 0 fully saturated rings. The molecule has 2 amide bonds. The van der Waals surface area contributed by atoms with E-state index in [9.17, 15) is 9.59 Å². The SMILES string of the molecule is C[C@H](Oc1ccc(C(=O)Nc2ccccc2Cl)cc1)C(=O)NN. The Labute approximate surface area is 138 Å². The Balaban J connectivity index is 2.03. The maximum atomic E-state index is 12.2. The van der Waals surface area contributed by atoms with Crippen LogP contribution in [-0.2, 0) is 4.79 Å². The van der Waals surface area contributed by atoms with E-state index in [0.717, 1.165) is 0 Å². The summed E-state index contributed by atoms with van der Waals surface area (Å²) in [4.78, 5) is 23.5. The van der Waals surface area contributed by atoms with Crippen LogP contribution in [0.15, 0.2) is 48.5 Å². The Morgan fingerprint density at radius 1 is 1.13 bits per heavy atom. The largest absolute Gasteiger partial charge is 0.481 e. The average molecular weight is 334 g/mol. The summed E-state index contributed by atoms with van der Waals surface area (Å²) < 4.78 is 5.39. The van der Waals surface area contributed by atoms with Gasteiger partial charge in [-0.15, -0.1) is 0 Å². The van der Waals surface area contributed by atoms with E-state index in [4.69, 9.17) is 22.2 Å². The number of carbonyl (C=O) groups excluding carboxylic acids is 2. The minimum Gasteiger partial charge on any atom is -0.481 e. The zero-order chi connectivity index (χ0) is 16.8. The van der Waals surface area contributed by atoms with Crippen LogP contribution in [0.4, 0.5) is 5.69 Å². The number of nitrogens with two attached hydrogens (primary N) is 1. The van der Waals surface area contributed by atoms with Gasteiger partial charge < -0.3 is 10.1 Å². The van der Waals surface area contributed by atoms with Crippen LogP contribution in [0.3, 0.4) is 0 Å². The molecule has 120 valence electrons. The van der Waals surface area contributed by atoms with Crippen molar-refractivity contribution in [3.8, 4) is 5.75 Å². The standard InChI is InChI=1S/C16H16ClN3O3/c1-10(15(21)20-18)23-12-8-6-11(7-9-12)16(22)19-14-5-3-2-4-13(14)17/h2-10H,18H2,1H3,(H,19,22)(H,20,21)/t10-/m0/s1. The van der Waals surface area contributed by atoms with Gasteiger partial charge in [0, 0.05) is 5.56 Å². The number of hydrogen-bond acceptors (Lipinski definition) is 4. The maximum Gasteiger partial charge on any atom is 0.274 e. The van der Waals surface area contributed by atoms with Crippen molar-refractivity contribution in [3.05, 3.63) is 59.1 Å². The van der Waals surface area contributed by atoms with Gasteiger partial charge in [0.05, 0.1) is 10.7 Å². The molecule has 0 heterocycles. The second-order valence-corrected chi connectivity index (χ2v) is 5.13. The van der Waals surface area contributed by atoms with Crippen LogP contribution in [0.2, 0.25) is 5.02 Å². The number of ether oxygens (including phenoxy) is 1. The zero-order valence-corrected chi connectivity index (χ0v) is 13.1. The van der Waals surface area contributed by atoms with Gasteiger partial charge in [-0.1, -0.05) is 23.7 Å². The molecule has 0 saturated heterocycles. The summed E-state index contributed by atoms with van der Waals surface area (Å²) in [6, 6.07) is 13.3. The molecule has 0 bridgehead atoms. The summed E-state index contributed by atoms with van der Waals surface area (Å²) in [7, 11) is 0. The number of halogens is 1. The normalized spacial score (nSPS) is 11.4. The summed E-state index contributed by atoms with van der Waals surface area (Å²) in [6.45, 7) is 1.57. The minimum atomic E-state index is -0.734. The Kier molecular flexibility index (Phi) is 5.56. The molecule has 2 aromatic carbocycles. The highest BCUT2D eigenvalue weighted by molar-refractivity contribution is 6.33. The smallest absolute Gasteiger partial charge is 0.274 e. The fourth-order valence-electron chi connectivity index (χ4n) is 1.82. The molecular weight excluding hydrogens is 318 g/mol. The summed E-state index contributed by atoms with van der Waals surface area (Å²) in [5.41, 5.74) is 2.98. The molecule has 1 atom stereocenters. The summed E-state index contributed by atoms with van der Waals surface area (Å²) >= 11 is 6.00. The third-order valence-corrected chi connectivity index (χ3v) is 3.39. The average Bonchev–Trinajstić information content (AvgIpc) is 2.56. The van der Waals surface area contributed by atoms with Gasteiger partial charge in [-0.3, -0.25) is 15.0 Å². The third-order valence-electron chi connectivity index (χ3n) is 3.06. The second kappa shape index (κ2) is 7.62. The molecule has 2 aromatic rings. The van der Waals surface area contributed by atoms with Gasteiger partial charge in [-0.25, -0.2) is 5.84 Å². The van der Waals surface area contributed by atoms with E-state index in [1.807, 2.05) is 5.43 Å². The first-order chi connectivity index (χ1) is 11.0. The van der Waals surface area contributed by atoms with Crippen LogP contribution < -0.4 is 21.3 Å². The monoisotopic (exact) mass is 333 g/mol. The fraction of sp³-hybridized carbons (Fsp3) is 0.125. The van der Waals surface area contributed by atoms with Crippen molar-refractivity contribution in [2.24, 2.45) is 5.84 Å². The number of hydrogen-bond donors (Lipinski definition) is 3. The molecule has 0 aliphatic rings. The van der Waals surface area contributed by atoms with Crippen LogP contribution in [0.5, 0.6) is 5.75 Å². The van der Waals surface area contributed by atoms with Crippen LogP contribution in [-0.4, -0.2) is 17.9 Å². The van der Waals surface area contributed by atoms with Crippen molar-refractivity contribution in [1.82, 2.24) is 5.43 Å². The van der Waals surface area contributed by atoms with Crippen molar-refractivity contribution >= 4 is 29.1 Å². The van der Waals surface area contributed by atoms with Gasteiger partial charge in [0.25, 0.3) is 11.8 Å². The van der Waals surface area contributed by atoms with Crippen molar-refractivity contribution in [3.63, 3.8) is 0 Å². The van der Waals surface area contributed by atoms with E-state index in [1.165, 1.54) is 0 Å². The Bertz CT molecular complexity index is 704. The van der Waals surface area contributed by atoms with E-state index in [1.54, 1.807) is 55.5 Å². The van der Waals surface area contributed by atoms with Gasteiger partial charge in [0.2, 0.25) is 0 Å². The lowest BCUT2D eigenvalue weighted by Gasteiger charge is -2.13. The first kappa shape index (κ1) is 16.8. The molecule has 0 aromatic heterocycles. The predicted molar refractivity (Wildman–Crippen MR) is 88.3 cm³/mol. The number of nitrogens with one attached hydrogen (secondary N) is 2. The summed E-state index contributed by atoms with van der Waals surface area (Å²) in [5, 5.41) is 3.18.